The molecule has 0 spiro atoms. The Balaban J connectivity index is 1.87. The van der Waals surface area contributed by atoms with Gasteiger partial charge in [-0.25, -0.2) is 4.98 Å². The zero-order valence-corrected chi connectivity index (χ0v) is 8.47. The molecule has 0 saturated carbocycles. The average Bonchev–Trinajstić information content (AvgIpc) is 2.74. The van der Waals surface area contributed by atoms with Gasteiger partial charge in [0.15, 0.2) is 0 Å². The Kier molecular flexibility index (Phi) is 2.85. The molecule has 0 aromatic carbocycles. The molecule has 0 aliphatic carbocycles. The predicted octanol–water partition coefficient (Wildman–Crippen LogP) is 0.961. The lowest BCUT2D eigenvalue weighted by molar-refractivity contribution is 0.470. The fraction of sp³-hybridized carbons (Fsp3) is 0.750. The Labute approximate surface area is 81.9 Å². The number of nitrogens with one attached hydrogen (secondary N) is 2. The summed E-state index contributed by atoms with van der Waals surface area (Å²) in [5.74, 6) is 3.43. The van der Waals surface area contributed by atoms with Crippen LogP contribution < -0.4 is 5.32 Å². The van der Waals surface area contributed by atoms with Gasteiger partial charge in [0.1, 0.15) is 12.2 Å². The average molecular weight is 198 g/mol. The smallest absolute Gasteiger partial charge is 0.141 e. The minimum Gasteiger partial charge on any atom is -0.304 e. The van der Waals surface area contributed by atoms with Crippen molar-refractivity contribution in [3.8, 4) is 0 Å². The molecule has 0 bridgehead atoms. The highest BCUT2D eigenvalue weighted by atomic mass is 32.2. The first-order valence-electron chi connectivity index (χ1n) is 4.55. The van der Waals surface area contributed by atoms with Gasteiger partial charge in [-0.3, -0.25) is 5.10 Å². The summed E-state index contributed by atoms with van der Waals surface area (Å²) < 4.78 is 0. The van der Waals surface area contributed by atoms with Gasteiger partial charge in [0.25, 0.3) is 0 Å². The highest BCUT2D eigenvalue weighted by molar-refractivity contribution is 7.99. The molecule has 13 heavy (non-hydrogen) atoms. The molecular formula is C8H14N4S. The van der Waals surface area contributed by atoms with Crippen molar-refractivity contribution in [1.82, 2.24) is 20.5 Å². The third-order valence-corrected chi connectivity index (χ3v) is 3.42. The summed E-state index contributed by atoms with van der Waals surface area (Å²) in [4.78, 5) is 4.12. The van der Waals surface area contributed by atoms with Crippen LogP contribution in [0.2, 0.25) is 0 Å². The summed E-state index contributed by atoms with van der Waals surface area (Å²) >= 11 is 2.01. The van der Waals surface area contributed by atoms with Crippen LogP contribution in [0.4, 0.5) is 0 Å². The van der Waals surface area contributed by atoms with Gasteiger partial charge in [-0.2, -0.15) is 16.9 Å². The van der Waals surface area contributed by atoms with Crippen LogP contribution in [0.15, 0.2) is 6.33 Å². The van der Waals surface area contributed by atoms with Gasteiger partial charge in [-0.15, -0.1) is 0 Å². The van der Waals surface area contributed by atoms with Crippen molar-refractivity contribution in [3.05, 3.63) is 12.2 Å². The van der Waals surface area contributed by atoms with Gasteiger partial charge in [-0.1, -0.05) is 0 Å². The Morgan fingerprint density at radius 2 is 2.69 bits per heavy atom. The van der Waals surface area contributed by atoms with Gasteiger partial charge < -0.3 is 5.32 Å². The van der Waals surface area contributed by atoms with E-state index in [0.29, 0.717) is 6.04 Å². The number of aromatic nitrogens is 3. The second-order valence-electron chi connectivity index (χ2n) is 3.32. The van der Waals surface area contributed by atoms with E-state index in [1.807, 2.05) is 11.8 Å². The molecule has 4 nitrogen and oxygen atoms in total. The van der Waals surface area contributed by atoms with Crippen LogP contribution >= 0.6 is 11.8 Å². The van der Waals surface area contributed by atoms with E-state index in [9.17, 15) is 0 Å². The molecule has 2 rings (SSSR count). The number of rotatable bonds is 3. The number of aromatic amines is 1. The molecule has 0 amide bonds. The molecule has 1 aromatic rings. The van der Waals surface area contributed by atoms with Crippen molar-refractivity contribution in [3.63, 3.8) is 0 Å². The number of nitrogens with zero attached hydrogens (tertiary/aromatic N) is 2. The van der Waals surface area contributed by atoms with Crippen molar-refractivity contribution in [2.45, 2.75) is 25.4 Å². The molecular weight excluding hydrogens is 184 g/mol. The van der Waals surface area contributed by atoms with E-state index in [-0.39, 0.29) is 6.04 Å². The van der Waals surface area contributed by atoms with E-state index in [2.05, 4.69) is 27.4 Å². The maximum Gasteiger partial charge on any atom is 0.141 e. The normalized spacial score (nSPS) is 24.8. The minimum atomic E-state index is 0.284. The van der Waals surface area contributed by atoms with Crippen molar-refractivity contribution in [1.29, 1.82) is 0 Å². The van der Waals surface area contributed by atoms with Gasteiger partial charge in [-0.05, 0) is 19.1 Å². The highest BCUT2D eigenvalue weighted by Gasteiger charge is 2.18. The molecule has 2 unspecified atom stereocenters. The lowest BCUT2D eigenvalue weighted by atomic mass is 10.2. The second-order valence-corrected chi connectivity index (χ2v) is 4.47. The molecule has 1 aliphatic rings. The van der Waals surface area contributed by atoms with Crippen molar-refractivity contribution < 1.29 is 0 Å². The van der Waals surface area contributed by atoms with Crippen LogP contribution in [0.5, 0.6) is 0 Å². The lowest BCUT2D eigenvalue weighted by Crippen LogP contribution is -2.31. The lowest BCUT2D eigenvalue weighted by Gasteiger charge is -2.16. The molecule has 2 heterocycles. The molecule has 1 aromatic heterocycles. The van der Waals surface area contributed by atoms with Crippen LogP contribution in [0.3, 0.4) is 0 Å². The summed E-state index contributed by atoms with van der Waals surface area (Å²) in [6.45, 7) is 2.11. The quantitative estimate of drug-likeness (QED) is 0.759. The van der Waals surface area contributed by atoms with E-state index in [4.69, 9.17) is 0 Å². The third kappa shape index (κ3) is 2.22. The van der Waals surface area contributed by atoms with Crippen LogP contribution in [0.25, 0.3) is 0 Å². The third-order valence-electron chi connectivity index (χ3n) is 2.26. The minimum absolute atomic E-state index is 0.284. The van der Waals surface area contributed by atoms with Crippen molar-refractivity contribution >= 4 is 11.8 Å². The number of hydrogen-bond acceptors (Lipinski definition) is 4. The molecule has 2 N–H and O–H groups in total. The first-order valence-corrected chi connectivity index (χ1v) is 5.71. The van der Waals surface area contributed by atoms with E-state index in [1.165, 1.54) is 17.9 Å². The Bertz CT molecular complexity index is 243. The maximum absolute atomic E-state index is 4.12. The van der Waals surface area contributed by atoms with Crippen molar-refractivity contribution in [2.75, 3.05) is 11.5 Å². The van der Waals surface area contributed by atoms with E-state index in [1.54, 1.807) is 6.33 Å². The van der Waals surface area contributed by atoms with Gasteiger partial charge in [0, 0.05) is 11.8 Å². The van der Waals surface area contributed by atoms with E-state index >= 15 is 0 Å². The molecule has 1 fully saturated rings. The molecule has 1 aliphatic heterocycles. The summed E-state index contributed by atoms with van der Waals surface area (Å²) in [5.41, 5.74) is 0. The standard InChI is InChI=1S/C8H14N4S/c1-6(8-9-5-10-12-8)11-7-2-3-13-4-7/h5-7,11H,2-4H2,1H3,(H,9,10,12). The Morgan fingerprint density at radius 3 is 3.31 bits per heavy atom. The summed E-state index contributed by atoms with van der Waals surface area (Å²) in [5, 5.41) is 10.2. The first-order chi connectivity index (χ1) is 6.36. The van der Waals surface area contributed by atoms with Gasteiger partial charge in [0.2, 0.25) is 0 Å². The zero-order valence-electron chi connectivity index (χ0n) is 7.66. The fourth-order valence-electron chi connectivity index (χ4n) is 1.52. The molecule has 5 heteroatoms. The first kappa shape index (κ1) is 9.02. The zero-order chi connectivity index (χ0) is 9.10. The van der Waals surface area contributed by atoms with E-state index in [0.717, 1.165) is 5.82 Å². The van der Waals surface area contributed by atoms with Crippen LogP contribution in [0.1, 0.15) is 25.2 Å². The summed E-state index contributed by atoms with van der Waals surface area (Å²) in [6, 6.07) is 0.927. The molecule has 0 radical (unpaired) electrons. The largest absolute Gasteiger partial charge is 0.304 e. The van der Waals surface area contributed by atoms with Crippen LogP contribution in [0, 0.1) is 0 Å². The Hall–Kier alpha value is -0.550. The molecule has 1 saturated heterocycles. The van der Waals surface area contributed by atoms with E-state index < -0.39 is 0 Å². The number of H-pyrrole nitrogens is 1. The number of thioether (sulfide) groups is 1. The van der Waals surface area contributed by atoms with Gasteiger partial charge in [0.05, 0.1) is 6.04 Å². The van der Waals surface area contributed by atoms with Crippen LogP contribution in [-0.2, 0) is 0 Å². The van der Waals surface area contributed by atoms with Crippen molar-refractivity contribution in [2.24, 2.45) is 0 Å². The maximum atomic E-state index is 4.12. The monoisotopic (exact) mass is 198 g/mol. The summed E-state index contributed by atoms with van der Waals surface area (Å²) in [6.07, 6.45) is 2.82. The molecule has 72 valence electrons. The molecule has 2 atom stereocenters. The van der Waals surface area contributed by atoms with Gasteiger partial charge >= 0.3 is 0 Å². The second kappa shape index (κ2) is 4.11. The predicted molar refractivity (Wildman–Crippen MR) is 53.7 cm³/mol. The highest BCUT2D eigenvalue weighted by Crippen LogP contribution is 2.19. The topological polar surface area (TPSA) is 53.6 Å². The van der Waals surface area contributed by atoms with Crippen LogP contribution in [-0.4, -0.2) is 32.7 Å². The fourth-order valence-corrected chi connectivity index (χ4v) is 2.69. The Morgan fingerprint density at radius 1 is 1.77 bits per heavy atom. The number of hydrogen-bond donors (Lipinski definition) is 2. The SMILES string of the molecule is CC(NC1CCSC1)c1ncn[nH]1. The summed E-state index contributed by atoms with van der Waals surface area (Å²) in [7, 11) is 0.